The summed E-state index contributed by atoms with van der Waals surface area (Å²) in [4.78, 5) is 0. The second-order valence-electron chi connectivity index (χ2n) is 6.66. The van der Waals surface area contributed by atoms with Gasteiger partial charge < -0.3 is 4.57 Å². The first kappa shape index (κ1) is 13.0. The molecule has 2 aliphatic rings. The first-order valence-corrected chi connectivity index (χ1v) is 8.41. The van der Waals surface area contributed by atoms with Crippen LogP contribution in [0.1, 0.15) is 34.9 Å². The number of aromatic nitrogens is 1. The lowest BCUT2D eigenvalue weighted by atomic mass is 9.96. The van der Waals surface area contributed by atoms with Gasteiger partial charge in [0.2, 0.25) is 0 Å². The average Bonchev–Trinajstić information content (AvgIpc) is 3.28. The van der Waals surface area contributed by atoms with Gasteiger partial charge in [0, 0.05) is 24.6 Å². The van der Waals surface area contributed by atoms with Crippen LogP contribution in [0.2, 0.25) is 0 Å². The molecule has 5 rings (SSSR count). The van der Waals surface area contributed by atoms with Crippen molar-refractivity contribution >= 4 is 0 Å². The SMILES string of the molecule is C1=CC2CC1c1cn(Cc3ccccc3)c(-c3ccccc3)c12. The molecule has 2 aromatic carbocycles. The number of benzene rings is 2. The smallest absolute Gasteiger partial charge is 0.0525 e. The van der Waals surface area contributed by atoms with Crippen LogP contribution in [0.4, 0.5) is 0 Å². The second-order valence-corrected chi connectivity index (χ2v) is 6.66. The van der Waals surface area contributed by atoms with E-state index in [1.807, 2.05) is 0 Å². The lowest BCUT2D eigenvalue weighted by molar-refractivity contribution is 0.757. The largest absolute Gasteiger partial charge is 0.343 e. The van der Waals surface area contributed by atoms with E-state index in [1.54, 1.807) is 11.1 Å². The van der Waals surface area contributed by atoms with Gasteiger partial charge in [-0.15, -0.1) is 0 Å². The Morgan fingerprint density at radius 2 is 1.52 bits per heavy atom. The van der Waals surface area contributed by atoms with E-state index in [4.69, 9.17) is 0 Å². The van der Waals surface area contributed by atoms with E-state index in [0.29, 0.717) is 11.8 Å². The van der Waals surface area contributed by atoms with Gasteiger partial charge in [0.05, 0.1) is 5.69 Å². The highest BCUT2D eigenvalue weighted by molar-refractivity contribution is 5.71. The van der Waals surface area contributed by atoms with E-state index < -0.39 is 0 Å². The van der Waals surface area contributed by atoms with E-state index in [-0.39, 0.29) is 0 Å². The Bertz CT molecular complexity index is 871. The number of hydrogen-bond acceptors (Lipinski definition) is 0. The fourth-order valence-electron chi connectivity index (χ4n) is 4.24. The van der Waals surface area contributed by atoms with Gasteiger partial charge in [-0.3, -0.25) is 0 Å². The Morgan fingerprint density at radius 3 is 2.30 bits per heavy atom. The number of allylic oxidation sites excluding steroid dienone is 2. The molecule has 1 heteroatoms. The lowest BCUT2D eigenvalue weighted by Gasteiger charge is -2.14. The van der Waals surface area contributed by atoms with Crippen LogP contribution >= 0.6 is 0 Å². The molecule has 3 aromatic rings. The summed E-state index contributed by atoms with van der Waals surface area (Å²) in [7, 11) is 0. The normalized spacial score (nSPS) is 20.9. The Morgan fingerprint density at radius 1 is 0.826 bits per heavy atom. The molecular formula is C22H19N. The maximum atomic E-state index is 2.46. The van der Waals surface area contributed by atoms with Gasteiger partial charge in [0.1, 0.15) is 0 Å². The monoisotopic (exact) mass is 297 g/mol. The summed E-state index contributed by atoms with van der Waals surface area (Å²) in [6.07, 6.45) is 8.48. The minimum absolute atomic E-state index is 0.613. The van der Waals surface area contributed by atoms with Gasteiger partial charge in [-0.25, -0.2) is 0 Å². The van der Waals surface area contributed by atoms with Gasteiger partial charge in [-0.1, -0.05) is 72.8 Å². The number of hydrogen-bond donors (Lipinski definition) is 0. The molecule has 0 fully saturated rings. The fraction of sp³-hybridized carbons (Fsp3) is 0.182. The molecule has 2 atom stereocenters. The highest BCUT2D eigenvalue weighted by atomic mass is 15.0. The third kappa shape index (κ3) is 2.00. The molecule has 0 aliphatic heterocycles. The Kier molecular flexibility index (Phi) is 2.81. The van der Waals surface area contributed by atoms with Crippen LogP contribution in [0, 0.1) is 0 Å². The Labute approximate surface area is 136 Å². The molecule has 0 saturated carbocycles. The van der Waals surface area contributed by atoms with Crippen molar-refractivity contribution in [3.8, 4) is 11.3 Å². The van der Waals surface area contributed by atoms with E-state index in [1.165, 1.54) is 23.2 Å². The molecular weight excluding hydrogens is 278 g/mol. The summed E-state index contributed by atoms with van der Waals surface area (Å²) in [5.74, 6) is 1.25. The van der Waals surface area contributed by atoms with Gasteiger partial charge in [0.15, 0.2) is 0 Å². The lowest BCUT2D eigenvalue weighted by Crippen LogP contribution is -2.02. The van der Waals surface area contributed by atoms with Gasteiger partial charge in [-0.05, 0) is 28.7 Å². The highest BCUT2D eigenvalue weighted by Crippen LogP contribution is 2.52. The van der Waals surface area contributed by atoms with Crippen LogP contribution in [-0.4, -0.2) is 4.57 Å². The van der Waals surface area contributed by atoms with E-state index in [0.717, 1.165) is 6.54 Å². The van der Waals surface area contributed by atoms with Crippen LogP contribution < -0.4 is 0 Å². The quantitative estimate of drug-likeness (QED) is 0.575. The molecule has 23 heavy (non-hydrogen) atoms. The van der Waals surface area contributed by atoms with Crippen LogP contribution in [0.5, 0.6) is 0 Å². The first-order valence-electron chi connectivity index (χ1n) is 8.41. The van der Waals surface area contributed by atoms with Crippen molar-refractivity contribution < 1.29 is 0 Å². The molecule has 0 radical (unpaired) electrons. The van der Waals surface area contributed by atoms with E-state index in [9.17, 15) is 0 Å². The molecule has 1 nitrogen and oxygen atoms in total. The van der Waals surface area contributed by atoms with Crippen LogP contribution in [-0.2, 0) is 6.54 Å². The third-order valence-corrected chi connectivity index (χ3v) is 5.25. The minimum atomic E-state index is 0.613. The van der Waals surface area contributed by atoms with Crippen molar-refractivity contribution in [3.05, 3.63) is 95.7 Å². The van der Waals surface area contributed by atoms with Crippen molar-refractivity contribution in [1.82, 2.24) is 4.57 Å². The number of rotatable bonds is 3. The van der Waals surface area contributed by atoms with Crippen molar-refractivity contribution in [2.24, 2.45) is 0 Å². The average molecular weight is 297 g/mol. The zero-order valence-electron chi connectivity index (χ0n) is 13.0. The molecule has 1 heterocycles. The highest BCUT2D eigenvalue weighted by Gasteiger charge is 2.37. The second kappa shape index (κ2) is 4.99. The zero-order valence-corrected chi connectivity index (χ0v) is 13.0. The van der Waals surface area contributed by atoms with Crippen molar-refractivity contribution in [3.63, 3.8) is 0 Å². The van der Waals surface area contributed by atoms with Crippen LogP contribution in [0.25, 0.3) is 11.3 Å². The molecule has 0 amide bonds. The van der Waals surface area contributed by atoms with Crippen molar-refractivity contribution in [2.45, 2.75) is 24.8 Å². The van der Waals surface area contributed by atoms with Crippen molar-refractivity contribution in [1.29, 1.82) is 0 Å². The van der Waals surface area contributed by atoms with Gasteiger partial charge in [-0.2, -0.15) is 0 Å². The summed E-state index contributed by atoms with van der Waals surface area (Å²) >= 11 is 0. The minimum Gasteiger partial charge on any atom is -0.343 e. The van der Waals surface area contributed by atoms with Crippen LogP contribution in [0.15, 0.2) is 79.0 Å². The predicted octanol–water partition coefficient (Wildman–Crippen LogP) is 5.34. The Balaban J connectivity index is 1.67. The summed E-state index contributed by atoms with van der Waals surface area (Å²) < 4.78 is 2.46. The first-order chi connectivity index (χ1) is 11.4. The predicted molar refractivity (Wildman–Crippen MR) is 94.7 cm³/mol. The molecule has 0 saturated heterocycles. The summed E-state index contributed by atoms with van der Waals surface area (Å²) in [5, 5.41) is 0. The summed E-state index contributed by atoms with van der Waals surface area (Å²) in [5.41, 5.74) is 7.23. The molecule has 2 unspecified atom stereocenters. The standard InChI is InChI=1S/C22H19N/c1-3-7-16(8-4-1)14-23-15-20-18-11-12-19(13-18)21(20)22(23)17-9-5-2-6-10-17/h1-12,15,18-19H,13-14H2. The fourth-order valence-corrected chi connectivity index (χ4v) is 4.24. The molecule has 2 bridgehead atoms. The van der Waals surface area contributed by atoms with Crippen LogP contribution in [0.3, 0.4) is 0 Å². The topological polar surface area (TPSA) is 4.93 Å². The number of fused-ring (bicyclic) bond motifs is 5. The third-order valence-electron chi connectivity index (χ3n) is 5.25. The maximum Gasteiger partial charge on any atom is 0.0525 e. The van der Waals surface area contributed by atoms with E-state index in [2.05, 4.69) is 83.6 Å². The molecule has 0 N–H and O–H groups in total. The van der Waals surface area contributed by atoms with Gasteiger partial charge in [0.25, 0.3) is 0 Å². The maximum absolute atomic E-state index is 2.46. The van der Waals surface area contributed by atoms with E-state index >= 15 is 0 Å². The van der Waals surface area contributed by atoms with Crippen molar-refractivity contribution in [2.75, 3.05) is 0 Å². The summed E-state index contributed by atoms with van der Waals surface area (Å²) in [6, 6.07) is 21.6. The number of nitrogens with zero attached hydrogens (tertiary/aromatic N) is 1. The molecule has 112 valence electrons. The molecule has 0 spiro atoms. The van der Waals surface area contributed by atoms with Gasteiger partial charge >= 0.3 is 0 Å². The summed E-state index contributed by atoms with van der Waals surface area (Å²) in [6.45, 7) is 0.942. The zero-order chi connectivity index (χ0) is 15.2. The molecule has 1 aromatic heterocycles. The molecule has 2 aliphatic carbocycles. The Hall–Kier alpha value is -2.54.